The van der Waals surface area contributed by atoms with Gasteiger partial charge in [-0.3, -0.25) is 9.69 Å². The Morgan fingerprint density at radius 1 is 1.15 bits per heavy atom. The Kier molecular flexibility index (Phi) is 5.94. The largest absolute Gasteiger partial charge is 0.467 e. The van der Waals surface area contributed by atoms with Crippen molar-refractivity contribution in [3.8, 4) is 0 Å². The van der Waals surface area contributed by atoms with E-state index in [-0.39, 0.29) is 24.1 Å². The molecular weight excluding hydrogens is 332 g/mol. The van der Waals surface area contributed by atoms with Gasteiger partial charge in [0.1, 0.15) is 6.04 Å². The molecule has 2 saturated heterocycles. The minimum atomic E-state index is -0.455. The number of hydrogen-bond donors (Lipinski definition) is 0. The lowest BCUT2D eigenvalue weighted by molar-refractivity contribution is -0.145. The van der Waals surface area contributed by atoms with Crippen LogP contribution in [0.15, 0.2) is 24.3 Å². The number of esters is 1. The minimum absolute atomic E-state index is 0.0990. The summed E-state index contributed by atoms with van der Waals surface area (Å²) in [6.07, 6.45) is 1.98. The number of morpholine rings is 1. The van der Waals surface area contributed by atoms with Gasteiger partial charge in [0.15, 0.2) is 0 Å². The van der Waals surface area contributed by atoms with E-state index in [4.69, 9.17) is 9.47 Å². The number of nitrogens with zero attached hydrogens (tertiary/aromatic N) is 2. The molecule has 26 heavy (non-hydrogen) atoms. The molecule has 3 rings (SSSR count). The summed E-state index contributed by atoms with van der Waals surface area (Å²) in [6.45, 7) is 7.47. The van der Waals surface area contributed by atoms with Crippen LogP contribution in [0.1, 0.15) is 42.6 Å². The maximum Gasteiger partial charge on any atom is 0.328 e. The topological polar surface area (TPSA) is 59.1 Å². The van der Waals surface area contributed by atoms with E-state index in [0.29, 0.717) is 18.5 Å². The van der Waals surface area contributed by atoms with E-state index in [9.17, 15) is 9.59 Å². The molecule has 0 saturated carbocycles. The third kappa shape index (κ3) is 4.24. The van der Waals surface area contributed by atoms with E-state index < -0.39 is 6.04 Å². The van der Waals surface area contributed by atoms with Gasteiger partial charge >= 0.3 is 5.97 Å². The van der Waals surface area contributed by atoms with E-state index in [1.54, 1.807) is 4.90 Å². The van der Waals surface area contributed by atoms with Gasteiger partial charge < -0.3 is 14.4 Å². The summed E-state index contributed by atoms with van der Waals surface area (Å²) in [7, 11) is 1.37. The highest BCUT2D eigenvalue weighted by Crippen LogP contribution is 2.22. The van der Waals surface area contributed by atoms with Crippen LogP contribution in [0, 0.1) is 0 Å². The zero-order chi connectivity index (χ0) is 18.7. The lowest BCUT2D eigenvalue weighted by atomic mass is 10.1. The molecule has 0 spiro atoms. The first-order valence-corrected chi connectivity index (χ1v) is 9.33. The second-order valence-corrected chi connectivity index (χ2v) is 7.33. The molecule has 6 nitrogen and oxygen atoms in total. The van der Waals surface area contributed by atoms with E-state index in [2.05, 4.69) is 18.7 Å². The molecule has 0 N–H and O–H groups in total. The third-order valence-corrected chi connectivity index (χ3v) is 5.09. The van der Waals surface area contributed by atoms with E-state index >= 15 is 0 Å². The van der Waals surface area contributed by atoms with Gasteiger partial charge in [-0.2, -0.15) is 0 Å². The summed E-state index contributed by atoms with van der Waals surface area (Å²) in [6, 6.07) is 7.26. The molecule has 0 aromatic heterocycles. The summed E-state index contributed by atoms with van der Waals surface area (Å²) in [4.78, 5) is 28.6. The number of methoxy groups -OCH3 is 1. The third-order valence-electron chi connectivity index (χ3n) is 5.09. The molecular formula is C20H28N2O4. The molecule has 1 aromatic rings. The van der Waals surface area contributed by atoms with Gasteiger partial charge in [0.2, 0.25) is 0 Å². The highest BCUT2D eigenvalue weighted by atomic mass is 16.5. The molecule has 142 valence electrons. The van der Waals surface area contributed by atoms with Crippen molar-refractivity contribution >= 4 is 11.9 Å². The number of carbonyl (C=O) groups is 2. The molecule has 0 radical (unpaired) electrons. The number of benzene rings is 1. The van der Waals surface area contributed by atoms with Crippen LogP contribution < -0.4 is 0 Å². The fourth-order valence-electron chi connectivity index (χ4n) is 3.98. The van der Waals surface area contributed by atoms with Crippen molar-refractivity contribution in [3.63, 3.8) is 0 Å². The monoisotopic (exact) mass is 360 g/mol. The molecule has 1 aromatic carbocycles. The van der Waals surface area contributed by atoms with Crippen molar-refractivity contribution in [3.05, 3.63) is 35.4 Å². The van der Waals surface area contributed by atoms with Crippen molar-refractivity contribution in [2.45, 2.75) is 51.5 Å². The SMILES string of the molecule is COC(=O)[C@@H]1CCCN1C(=O)c1ccc(CN2C[C@H](C)O[C@@H](C)C2)cc1. The van der Waals surface area contributed by atoms with Crippen molar-refractivity contribution in [1.82, 2.24) is 9.80 Å². The Morgan fingerprint density at radius 3 is 2.42 bits per heavy atom. The first-order chi connectivity index (χ1) is 12.5. The van der Waals surface area contributed by atoms with Crippen LogP contribution in [0.25, 0.3) is 0 Å². The maximum atomic E-state index is 12.8. The Morgan fingerprint density at radius 2 is 1.81 bits per heavy atom. The van der Waals surface area contributed by atoms with E-state index in [1.807, 2.05) is 24.3 Å². The smallest absolute Gasteiger partial charge is 0.328 e. The highest BCUT2D eigenvalue weighted by Gasteiger charge is 2.35. The highest BCUT2D eigenvalue weighted by molar-refractivity contribution is 5.97. The van der Waals surface area contributed by atoms with Crippen LogP contribution in [-0.4, -0.2) is 66.7 Å². The molecule has 0 aliphatic carbocycles. The number of carbonyl (C=O) groups excluding carboxylic acids is 2. The van der Waals surface area contributed by atoms with Gasteiger partial charge in [-0.15, -0.1) is 0 Å². The van der Waals surface area contributed by atoms with Crippen LogP contribution in [-0.2, 0) is 20.8 Å². The number of rotatable bonds is 4. The van der Waals surface area contributed by atoms with Gasteiger partial charge in [0.05, 0.1) is 19.3 Å². The zero-order valence-corrected chi connectivity index (χ0v) is 15.8. The summed E-state index contributed by atoms with van der Waals surface area (Å²) in [5, 5.41) is 0. The molecule has 0 unspecified atom stereocenters. The Bertz CT molecular complexity index is 636. The summed E-state index contributed by atoms with van der Waals surface area (Å²) in [5.41, 5.74) is 1.79. The average molecular weight is 360 g/mol. The lowest BCUT2D eigenvalue weighted by Crippen LogP contribution is -2.44. The second kappa shape index (κ2) is 8.18. The molecule has 3 atom stereocenters. The Labute approximate surface area is 155 Å². The van der Waals surface area contributed by atoms with Gasteiger partial charge in [-0.25, -0.2) is 4.79 Å². The van der Waals surface area contributed by atoms with Crippen LogP contribution in [0.4, 0.5) is 0 Å². The first-order valence-electron chi connectivity index (χ1n) is 9.33. The van der Waals surface area contributed by atoms with Crippen molar-refractivity contribution in [2.24, 2.45) is 0 Å². The fraction of sp³-hybridized carbons (Fsp3) is 0.600. The summed E-state index contributed by atoms with van der Waals surface area (Å²) >= 11 is 0. The van der Waals surface area contributed by atoms with Gasteiger partial charge in [-0.05, 0) is 44.4 Å². The standard InChI is InChI=1S/C20H28N2O4/c1-14-11-21(12-15(2)26-14)13-16-6-8-17(9-7-16)19(23)22-10-4-5-18(22)20(24)25-3/h6-9,14-15,18H,4-5,10-13H2,1-3H3/t14-,15-,18-/m0/s1. The molecule has 2 fully saturated rings. The van der Waals surface area contributed by atoms with Crippen LogP contribution in [0.3, 0.4) is 0 Å². The molecule has 2 aliphatic heterocycles. The van der Waals surface area contributed by atoms with Crippen molar-refractivity contribution in [2.75, 3.05) is 26.7 Å². The summed E-state index contributed by atoms with van der Waals surface area (Å²) in [5.74, 6) is -0.430. The van der Waals surface area contributed by atoms with Crippen LogP contribution in [0.2, 0.25) is 0 Å². The second-order valence-electron chi connectivity index (χ2n) is 7.33. The van der Waals surface area contributed by atoms with E-state index in [1.165, 1.54) is 12.7 Å². The molecule has 0 bridgehead atoms. The number of hydrogen-bond acceptors (Lipinski definition) is 5. The quantitative estimate of drug-likeness (QED) is 0.770. The Hall–Kier alpha value is -1.92. The zero-order valence-electron chi connectivity index (χ0n) is 15.8. The number of amides is 1. The van der Waals surface area contributed by atoms with Crippen molar-refractivity contribution in [1.29, 1.82) is 0 Å². The van der Waals surface area contributed by atoms with Crippen molar-refractivity contribution < 1.29 is 19.1 Å². The van der Waals surface area contributed by atoms with Gasteiger partial charge in [0, 0.05) is 31.7 Å². The molecule has 6 heteroatoms. The van der Waals surface area contributed by atoms with Gasteiger partial charge in [-0.1, -0.05) is 12.1 Å². The van der Waals surface area contributed by atoms with Crippen LogP contribution >= 0.6 is 0 Å². The average Bonchev–Trinajstić information content (AvgIpc) is 3.10. The Balaban J connectivity index is 1.63. The minimum Gasteiger partial charge on any atom is -0.467 e. The molecule has 1 amide bonds. The van der Waals surface area contributed by atoms with Crippen LogP contribution in [0.5, 0.6) is 0 Å². The number of likely N-dealkylation sites (tertiary alicyclic amines) is 1. The van der Waals surface area contributed by atoms with E-state index in [0.717, 1.165) is 26.1 Å². The maximum absolute atomic E-state index is 12.8. The predicted molar refractivity (Wildman–Crippen MR) is 97.8 cm³/mol. The van der Waals surface area contributed by atoms with Gasteiger partial charge in [0.25, 0.3) is 5.91 Å². The fourth-order valence-corrected chi connectivity index (χ4v) is 3.98. The number of ether oxygens (including phenoxy) is 2. The molecule has 2 heterocycles. The lowest BCUT2D eigenvalue weighted by Gasteiger charge is -2.35. The first kappa shape index (κ1) is 18.9. The normalized spacial score (nSPS) is 26.7. The molecule has 2 aliphatic rings. The summed E-state index contributed by atoms with van der Waals surface area (Å²) < 4.78 is 10.6. The predicted octanol–water partition coefficient (Wildman–Crippen LogP) is 2.07.